The fraction of sp³-hybridized carbons (Fsp3) is 0.438. The second kappa shape index (κ2) is 7.56. The lowest BCUT2D eigenvalue weighted by Crippen LogP contribution is -2.49. The van der Waals surface area contributed by atoms with Crippen LogP contribution in [0.15, 0.2) is 30.3 Å². The normalized spacial score (nSPS) is 21.4. The second-order valence-electron chi connectivity index (χ2n) is 4.95. The van der Waals surface area contributed by atoms with Crippen LogP contribution in [0.4, 0.5) is 4.79 Å². The predicted octanol–water partition coefficient (Wildman–Crippen LogP) is 1.64. The van der Waals surface area contributed by atoms with Crippen LogP contribution in [-0.2, 0) is 0 Å². The van der Waals surface area contributed by atoms with Gasteiger partial charge in [-0.05, 0) is 25.0 Å². The highest BCUT2D eigenvalue weighted by molar-refractivity contribution is 5.74. The van der Waals surface area contributed by atoms with E-state index in [1.807, 2.05) is 30.3 Å². The van der Waals surface area contributed by atoms with E-state index in [1.54, 1.807) is 0 Å². The molecule has 1 aliphatic carbocycles. The molecule has 2 atom stereocenters. The summed E-state index contributed by atoms with van der Waals surface area (Å²) in [5, 5.41) is 15.3. The Bertz CT molecular complexity index is 490. The molecule has 0 aromatic heterocycles. The third kappa shape index (κ3) is 4.60. The number of rotatable bonds is 2. The highest BCUT2D eigenvalue weighted by atomic mass is 16.3. The Morgan fingerprint density at radius 2 is 2.00 bits per heavy atom. The van der Waals surface area contributed by atoms with Gasteiger partial charge in [-0.2, -0.15) is 0 Å². The van der Waals surface area contributed by atoms with Gasteiger partial charge in [0.2, 0.25) is 0 Å². The molecule has 2 rings (SSSR count). The number of hydrogen-bond donors (Lipinski definition) is 3. The van der Waals surface area contributed by atoms with Crippen LogP contribution >= 0.6 is 0 Å². The summed E-state index contributed by atoms with van der Waals surface area (Å²) in [5.74, 6) is 5.87. The number of amides is 2. The third-order valence-electron chi connectivity index (χ3n) is 3.39. The van der Waals surface area contributed by atoms with Crippen LogP contribution in [0.1, 0.15) is 31.2 Å². The van der Waals surface area contributed by atoms with Crippen molar-refractivity contribution >= 4 is 6.03 Å². The van der Waals surface area contributed by atoms with E-state index >= 15 is 0 Å². The van der Waals surface area contributed by atoms with Crippen LogP contribution in [0.2, 0.25) is 0 Å². The second-order valence-corrected chi connectivity index (χ2v) is 4.95. The van der Waals surface area contributed by atoms with Gasteiger partial charge in [-0.1, -0.05) is 42.9 Å². The first-order chi connectivity index (χ1) is 9.75. The van der Waals surface area contributed by atoms with Gasteiger partial charge < -0.3 is 15.7 Å². The summed E-state index contributed by atoms with van der Waals surface area (Å²) < 4.78 is 0. The van der Waals surface area contributed by atoms with Gasteiger partial charge in [0.05, 0.1) is 18.7 Å². The van der Waals surface area contributed by atoms with Crippen molar-refractivity contribution < 1.29 is 9.90 Å². The molecule has 0 spiro atoms. The molecule has 0 heterocycles. The number of aliphatic hydroxyl groups excluding tert-OH is 1. The summed E-state index contributed by atoms with van der Waals surface area (Å²) in [7, 11) is 0. The minimum Gasteiger partial charge on any atom is -0.391 e. The van der Waals surface area contributed by atoms with Crippen LogP contribution in [0.25, 0.3) is 0 Å². The van der Waals surface area contributed by atoms with E-state index in [0.29, 0.717) is 6.54 Å². The zero-order chi connectivity index (χ0) is 14.2. The van der Waals surface area contributed by atoms with E-state index in [2.05, 4.69) is 22.5 Å². The predicted molar refractivity (Wildman–Crippen MR) is 78.1 cm³/mol. The Morgan fingerprint density at radius 1 is 1.25 bits per heavy atom. The Kier molecular flexibility index (Phi) is 5.45. The summed E-state index contributed by atoms with van der Waals surface area (Å²) in [4.78, 5) is 11.7. The average molecular weight is 272 g/mol. The largest absolute Gasteiger partial charge is 0.391 e. The molecule has 20 heavy (non-hydrogen) atoms. The monoisotopic (exact) mass is 272 g/mol. The molecule has 106 valence electrons. The molecule has 1 saturated carbocycles. The van der Waals surface area contributed by atoms with Crippen molar-refractivity contribution in [3.63, 3.8) is 0 Å². The lowest BCUT2D eigenvalue weighted by atomic mass is 9.93. The molecule has 0 saturated heterocycles. The summed E-state index contributed by atoms with van der Waals surface area (Å²) in [5.41, 5.74) is 0.928. The molecule has 4 heteroatoms. The van der Waals surface area contributed by atoms with E-state index < -0.39 is 6.10 Å². The van der Waals surface area contributed by atoms with Crippen molar-refractivity contribution in [3.8, 4) is 11.8 Å². The van der Waals surface area contributed by atoms with Crippen molar-refractivity contribution in [1.82, 2.24) is 10.6 Å². The molecule has 2 amide bonds. The molecule has 1 aromatic carbocycles. The van der Waals surface area contributed by atoms with Gasteiger partial charge in [0, 0.05) is 5.56 Å². The van der Waals surface area contributed by atoms with Gasteiger partial charge in [0.15, 0.2) is 0 Å². The van der Waals surface area contributed by atoms with Gasteiger partial charge in [0.1, 0.15) is 0 Å². The first kappa shape index (κ1) is 14.4. The summed E-state index contributed by atoms with van der Waals surface area (Å²) in [6, 6.07) is 9.23. The number of carbonyl (C=O) groups excluding carboxylic acids is 1. The summed E-state index contributed by atoms with van der Waals surface area (Å²) in [6.07, 6.45) is 3.26. The SMILES string of the molecule is O=C(NCC#Cc1ccccc1)N[C@H]1CCCC[C@H]1O. The van der Waals surface area contributed by atoms with Crippen molar-refractivity contribution in [3.05, 3.63) is 35.9 Å². The fourth-order valence-electron chi connectivity index (χ4n) is 2.29. The maximum atomic E-state index is 11.7. The maximum absolute atomic E-state index is 11.7. The zero-order valence-electron chi connectivity index (χ0n) is 11.4. The lowest BCUT2D eigenvalue weighted by molar-refractivity contribution is 0.0944. The lowest BCUT2D eigenvalue weighted by Gasteiger charge is -2.28. The van der Waals surface area contributed by atoms with Crippen LogP contribution < -0.4 is 10.6 Å². The smallest absolute Gasteiger partial charge is 0.315 e. The molecule has 0 radical (unpaired) electrons. The third-order valence-corrected chi connectivity index (χ3v) is 3.39. The van der Waals surface area contributed by atoms with E-state index in [9.17, 15) is 9.90 Å². The number of benzene rings is 1. The molecular formula is C16H20N2O2. The van der Waals surface area contributed by atoms with Crippen molar-refractivity contribution in [1.29, 1.82) is 0 Å². The number of urea groups is 1. The Labute approximate surface area is 119 Å². The summed E-state index contributed by atoms with van der Waals surface area (Å²) >= 11 is 0. The van der Waals surface area contributed by atoms with E-state index in [0.717, 1.165) is 31.2 Å². The standard InChI is InChI=1S/C16H20N2O2/c19-15-11-5-4-10-14(15)18-16(20)17-12-6-9-13-7-2-1-3-8-13/h1-3,7-8,14-15,19H,4-5,10-12H2,(H2,17,18,20)/t14-,15+/m0/s1. The first-order valence-electron chi connectivity index (χ1n) is 7.02. The van der Waals surface area contributed by atoms with E-state index in [1.165, 1.54) is 0 Å². The number of aliphatic hydroxyl groups is 1. The van der Waals surface area contributed by atoms with Crippen LogP contribution in [0, 0.1) is 11.8 Å². The highest BCUT2D eigenvalue weighted by Crippen LogP contribution is 2.17. The topological polar surface area (TPSA) is 61.4 Å². The minimum atomic E-state index is -0.426. The fourth-order valence-corrected chi connectivity index (χ4v) is 2.29. The maximum Gasteiger partial charge on any atom is 0.315 e. The van der Waals surface area contributed by atoms with Crippen molar-refractivity contribution in [2.24, 2.45) is 0 Å². The molecule has 0 unspecified atom stereocenters. The quantitative estimate of drug-likeness (QED) is 0.717. The Morgan fingerprint density at radius 3 is 2.75 bits per heavy atom. The molecule has 1 fully saturated rings. The van der Waals surface area contributed by atoms with Crippen LogP contribution in [-0.4, -0.2) is 29.8 Å². The Balaban J connectivity index is 1.71. The molecule has 3 N–H and O–H groups in total. The van der Waals surface area contributed by atoms with Gasteiger partial charge in [-0.3, -0.25) is 0 Å². The zero-order valence-corrected chi connectivity index (χ0v) is 11.4. The number of nitrogens with one attached hydrogen (secondary N) is 2. The Hall–Kier alpha value is -1.99. The molecular weight excluding hydrogens is 252 g/mol. The van der Waals surface area contributed by atoms with Gasteiger partial charge in [-0.25, -0.2) is 4.79 Å². The van der Waals surface area contributed by atoms with Crippen LogP contribution in [0.3, 0.4) is 0 Å². The van der Waals surface area contributed by atoms with Gasteiger partial charge >= 0.3 is 6.03 Å². The number of hydrogen-bond acceptors (Lipinski definition) is 2. The number of carbonyl (C=O) groups is 1. The summed E-state index contributed by atoms with van der Waals surface area (Å²) in [6.45, 7) is 0.295. The highest BCUT2D eigenvalue weighted by Gasteiger charge is 2.23. The van der Waals surface area contributed by atoms with E-state index in [-0.39, 0.29) is 12.1 Å². The van der Waals surface area contributed by atoms with E-state index in [4.69, 9.17) is 0 Å². The average Bonchev–Trinajstić information content (AvgIpc) is 2.47. The first-order valence-corrected chi connectivity index (χ1v) is 7.02. The van der Waals surface area contributed by atoms with Crippen LogP contribution in [0.5, 0.6) is 0 Å². The molecule has 0 bridgehead atoms. The van der Waals surface area contributed by atoms with Crippen molar-refractivity contribution in [2.75, 3.05) is 6.54 Å². The van der Waals surface area contributed by atoms with Gasteiger partial charge in [-0.15, -0.1) is 0 Å². The van der Waals surface area contributed by atoms with Gasteiger partial charge in [0.25, 0.3) is 0 Å². The molecule has 0 aliphatic heterocycles. The molecule has 1 aromatic rings. The minimum absolute atomic E-state index is 0.133. The molecule has 4 nitrogen and oxygen atoms in total. The molecule has 1 aliphatic rings. The van der Waals surface area contributed by atoms with Crippen molar-refractivity contribution in [2.45, 2.75) is 37.8 Å².